The van der Waals surface area contributed by atoms with Crippen LogP contribution in [0.5, 0.6) is 0 Å². The summed E-state index contributed by atoms with van der Waals surface area (Å²) in [6.07, 6.45) is 0. The molecule has 0 aliphatic carbocycles. The molecule has 0 bridgehead atoms. The van der Waals surface area contributed by atoms with Crippen LogP contribution in [0.2, 0.25) is 0 Å². The zero-order chi connectivity index (χ0) is 31.6. The molecule has 2 amide bonds. The average Bonchev–Trinajstić information content (AvgIpc) is 3.07. The Morgan fingerprint density at radius 2 is 0.913 bits per heavy atom. The van der Waals surface area contributed by atoms with E-state index in [1.165, 1.54) is 0 Å². The molecular weight excluding hydrogens is 568 g/mol. The van der Waals surface area contributed by atoms with Crippen LogP contribution in [0.3, 0.4) is 0 Å². The zero-order valence-electron chi connectivity index (χ0n) is 25.4. The lowest BCUT2D eigenvalue weighted by atomic mass is 10.0. The van der Waals surface area contributed by atoms with E-state index in [0.717, 1.165) is 55.4 Å². The van der Waals surface area contributed by atoms with Crippen molar-refractivity contribution in [3.63, 3.8) is 0 Å². The van der Waals surface area contributed by atoms with Gasteiger partial charge < -0.3 is 10.6 Å². The van der Waals surface area contributed by atoms with Gasteiger partial charge in [-0.1, -0.05) is 90.0 Å². The third-order valence-electron chi connectivity index (χ3n) is 7.93. The van der Waals surface area contributed by atoms with Crippen molar-refractivity contribution in [2.24, 2.45) is 0 Å². The number of hydrogen-bond acceptors (Lipinski definition) is 4. The SMILES string of the molecule is Cc1cccc(-c2cc(C(=O)Nc3cccc(NC(=O)c4cc(-c5cccc(C)c5)nc5ccccc45)c3)c3ccccc3n2)c1. The number of pyridine rings is 2. The highest BCUT2D eigenvalue weighted by molar-refractivity contribution is 6.15. The molecule has 0 saturated carbocycles. The smallest absolute Gasteiger partial charge is 0.256 e. The Kier molecular flexibility index (Phi) is 7.53. The van der Waals surface area contributed by atoms with Gasteiger partial charge in [0.25, 0.3) is 11.8 Å². The Balaban J connectivity index is 1.18. The summed E-state index contributed by atoms with van der Waals surface area (Å²) in [5, 5.41) is 7.58. The van der Waals surface area contributed by atoms with Crippen molar-refractivity contribution in [2.45, 2.75) is 13.8 Å². The van der Waals surface area contributed by atoms with E-state index < -0.39 is 0 Å². The number of carbonyl (C=O) groups is 2. The molecule has 0 aliphatic heterocycles. The van der Waals surface area contributed by atoms with Crippen LogP contribution in [0.25, 0.3) is 44.3 Å². The van der Waals surface area contributed by atoms with Gasteiger partial charge in [0.05, 0.1) is 33.5 Å². The van der Waals surface area contributed by atoms with Crippen LogP contribution in [0.4, 0.5) is 11.4 Å². The van der Waals surface area contributed by atoms with Crippen molar-refractivity contribution in [1.29, 1.82) is 0 Å². The second-order valence-corrected chi connectivity index (χ2v) is 11.4. The summed E-state index contributed by atoms with van der Waals surface area (Å²) in [6, 6.07) is 42.2. The van der Waals surface area contributed by atoms with Crippen LogP contribution in [0, 0.1) is 13.8 Å². The minimum absolute atomic E-state index is 0.265. The zero-order valence-corrected chi connectivity index (χ0v) is 25.4. The number of nitrogens with one attached hydrogen (secondary N) is 2. The van der Waals surface area contributed by atoms with Gasteiger partial charge in [0.1, 0.15) is 0 Å². The summed E-state index contributed by atoms with van der Waals surface area (Å²) in [6.45, 7) is 4.06. The number of para-hydroxylation sites is 2. The van der Waals surface area contributed by atoms with Crippen LogP contribution in [0.15, 0.2) is 133 Å². The first kappa shape index (κ1) is 28.6. The third kappa shape index (κ3) is 5.84. The fourth-order valence-corrected chi connectivity index (χ4v) is 5.70. The highest BCUT2D eigenvalue weighted by atomic mass is 16.2. The van der Waals surface area contributed by atoms with E-state index in [1.54, 1.807) is 24.3 Å². The minimum Gasteiger partial charge on any atom is -0.322 e. The molecule has 0 saturated heterocycles. The average molecular weight is 599 g/mol. The number of nitrogens with zero attached hydrogens (tertiary/aromatic N) is 2. The Bertz CT molecular complexity index is 2130. The van der Waals surface area contributed by atoms with Crippen molar-refractivity contribution in [3.05, 3.63) is 156 Å². The maximum absolute atomic E-state index is 13.7. The number of rotatable bonds is 6. The van der Waals surface area contributed by atoms with E-state index in [1.807, 2.05) is 111 Å². The number of aryl methyl sites for hydroxylation is 2. The van der Waals surface area contributed by atoms with Crippen molar-refractivity contribution in [2.75, 3.05) is 10.6 Å². The second-order valence-electron chi connectivity index (χ2n) is 11.4. The lowest BCUT2D eigenvalue weighted by molar-refractivity contribution is 0.102. The standard InChI is InChI=1S/C40H30N4O2/c1-25-10-7-12-27(20-25)37-23-33(31-16-3-5-18-35(31)43-37)39(45)41-29-14-9-15-30(22-29)42-40(46)34-24-38(28-13-8-11-26(2)21-28)44-36-19-6-4-17-32(34)36/h3-24H,1-2H3,(H,41,45)(H,42,46). The van der Waals surface area contributed by atoms with E-state index in [-0.39, 0.29) is 11.8 Å². The van der Waals surface area contributed by atoms with E-state index >= 15 is 0 Å². The molecule has 5 aromatic carbocycles. The number of carbonyl (C=O) groups excluding carboxylic acids is 2. The number of hydrogen-bond donors (Lipinski definition) is 2. The van der Waals surface area contributed by atoms with Gasteiger partial charge in [0.15, 0.2) is 0 Å². The van der Waals surface area contributed by atoms with E-state index in [0.29, 0.717) is 22.5 Å². The summed E-state index contributed by atoms with van der Waals surface area (Å²) in [4.78, 5) is 37.1. The first-order valence-corrected chi connectivity index (χ1v) is 15.1. The molecule has 46 heavy (non-hydrogen) atoms. The molecular formula is C40H30N4O2. The summed E-state index contributed by atoms with van der Waals surface area (Å²) >= 11 is 0. The number of fused-ring (bicyclic) bond motifs is 2. The number of anilines is 2. The molecule has 0 atom stereocenters. The number of benzene rings is 5. The molecule has 6 nitrogen and oxygen atoms in total. The largest absolute Gasteiger partial charge is 0.322 e. The fourth-order valence-electron chi connectivity index (χ4n) is 5.70. The highest BCUT2D eigenvalue weighted by Gasteiger charge is 2.17. The highest BCUT2D eigenvalue weighted by Crippen LogP contribution is 2.29. The van der Waals surface area contributed by atoms with E-state index in [4.69, 9.17) is 9.97 Å². The Morgan fingerprint density at radius 3 is 1.37 bits per heavy atom. The maximum Gasteiger partial charge on any atom is 0.256 e. The lowest BCUT2D eigenvalue weighted by Crippen LogP contribution is -2.15. The molecule has 0 aliphatic rings. The van der Waals surface area contributed by atoms with Crippen molar-refractivity contribution in [3.8, 4) is 22.5 Å². The number of amides is 2. The van der Waals surface area contributed by atoms with Crippen molar-refractivity contribution >= 4 is 45.0 Å². The molecule has 7 aromatic rings. The fraction of sp³-hybridized carbons (Fsp3) is 0.0500. The third-order valence-corrected chi connectivity index (χ3v) is 7.93. The summed E-state index contributed by atoms with van der Waals surface area (Å²) in [5.74, 6) is -0.530. The molecule has 0 spiro atoms. The van der Waals surface area contributed by atoms with Crippen LogP contribution < -0.4 is 10.6 Å². The summed E-state index contributed by atoms with van der Waals surface area (Å²) < 4.78 is 0. The lowest BCUT2D eigenvalue weighted by Gasteiger charge is -2.13. The molecule has 7 rings (SSSR count). The van der Waals surface area contributed by atoms with E-state index in [9.17, 15) is 9.59 Å². The predicted octanol–water partition coefficient (Wildman–Crippen LogP) is 9.24. The molecule has 222 valence electrons. The van der Waals surface area contributed by atoms with Gasteiger partial charge >= 0.3 is 0 Å². The van der Waals surface area contributed by atoms with Gasteiger partial charge in [-0.25, -0.2) is 9.97 Å². The normalized spacial score (nSPS) is 11.0. The molecule has 2 N–H and O–H groups in total. The number of aromatic nitrogens is 2. The first-order valence-electron chi connectivity index (χ1n) is 15.1. The molecule has 0 unspecified atom stereocenters. The van der Waals surface area contributed by atoms with Crippen LogP contribution in [-0.2, 0) is 0 Å². The first-order chi connectivity index (χ1) is 22.4. The molecule has 6 heteroatoms. The monoisotopic (exact) mass is 598 g/mol. The van der Waals surface area contributed by atoms with E-state index in [2.05, 4.69) is 22.8 Å². The Hall–Kier alpha value is -6.14. The summed E-state index contributed by atoms with van der Waals surface area (Å²) in [5.41, 5.74) is 9.19. The molecule has 0 fully saturated rings. The van der Waals surface area contributed by atoms with Crippen LogP contribution in [0.1, 0.15) is 31.8 Å². The van der Waals surface area contributed by atoms with Crippen molar-refractivity contribution in [1.82, 2.24) is 9.97 Å². The topological polar surface area (TPSA) is 84.0 Å². The second kappa shape index (κ2) is 12.1. The van der Waals surface area contributed by atoms with Gasteiger partial charge in [-0.2, -0.15) is 0 Å². The summed E-state index contributed by atoms with van der Waals surface area (Å²) in [7, 11) is 0. The maximum atomic E-state index is 13.7. The Morgan fingerprint density at radius 1 is 0.478 bits per heavy atom. The van der Waals surface area contributed by atoms with Crippen LogP contribution in [-0.4, -0.2) is 21.8 Å². The quantitative estimate of drug-likeness (QED) is 0.200. The van der Waals surface area contributed by atoms with Gasteiger partial charge in [-0.15, -0.1) is 0 Å². The van der Waals surface area contributed by atoms with Crippen molar-refractivity contribution < 1.29 is 9.59 Å². The van der Waals surface area contributed by atoms with Crippen LogP contribution >= 0.6 is 0 Å². The van der Waals surface area contributed by atoms with Gasteiger partial charge in [0.2, 0.25) is 0 Å². The van der Waals surface area contributed by atoms with Gasteiger partial charge in [0, 0.05) is 33.3 Å². The molecule has 0 radical (unpaired) electrons. The minimum atomic E-state index is -0.265. The van der Waals surface area contributed by atoms with Gasteiger partial charge in [-0.05, 0) is 68.4 Å². The van der Waals surface area contributed by atoms with Gasteiger partial charge in [-0.3, -0.25) is 9.59 Å². The Labute approximate surface area is 266 Å². The molecule has 2 aromatic heterocycles. The predicted molar refractivity (Wildman–Crippen MR) is 186 cm³/mol. The molecule has 2 heterocycles.